The molecule has 2 N–H and O–H groups in total. The van der Waals surface area contributed by atoms with Gasteiger partial charge < -0.3 is 10.4 Å². The van der Waals surface area contributed by atoms with Crippen molar-refractivity contribution >= 4 is 0 Å². The average Bonchev–Trinajstić information content (AvgIpc) is 2.37. The number of rotatable bonds is 4. The van der Waals surface area contributed by atoms with Crippen molar-refractivity contribution in [2.45, 2.75) is 25.9 Å². The fourth-order valence-corrected chi connectivity index (χ4v) is 2.36. The summed E-state index contributed by atoms with van der Waals surface area (Å²) in [6, 6.07) is 6.34. The Morgan fingerprint density at radius 2 is 1.57 bits per heavy atom. The molecule has 0 aromatic heterocycles. The number of hydrogen-bond acceptors (Lipinski definition) is 2. The molecule has 0 radical (unpaired) electrons. The van der Waals surface area contributed by atoms with Gasteiger partial charge in [0.05, 0.1) is 0 Å². The van der Waals surface area contributed by atoms with Gasteiger partial charge in [-0.05, 0) is 32.0 Å². The topological polar surface area (TPSA) is 32.3 Å². The van der Waals surface area contributed by atoms with Crippen LogP contribution in [0.3, 0.4) is 0 Å². The number of halogens is 3. The van der Waals surface area contributed by atoms with Gasteiger partial charge in [-0.2, -0.15) is 0 Å². The summed E-state index contributed by atoms with van der Waals surface area (Å²) in [4.78, 5) is 0. The highest BCUT2D eigenvalue weighted by Gasteiger charge is 2.19. The molecule has 0 amide bonds. The summed E-state index contributed by atoms with van der Waals surface area (Å²) in [5.74, 6) is -2.01. The summed E-state index contributed by atoms with van der Waals surface area (Å²) in [5.41, 5.74) is 0.394. The van der Waals surface area contributed by atoms with Gasteiger partial charge >= 0.3 is 0 Å². The first-order valence-corrected chi connectivity index (χ1v) is 6.58. The molecule has 0 aliphatic rings. The summed E-state index contributed by atoms with van der Waals surface area (Å²) in [5, 5.41) is 12.7. The number of benzene rings is 2. The van der Waals surface area contributed by atoms with Crippen molar-refractivity contribution in [2.75, 3.05) is 0 Å². The minimum atomic E-state index is -0.634. The van der Waals surface area contributed by atoms with Crippen LogP contribution in [-0.2, 0) is 0 Å². The van der Waals surface area contributed by atoms with Crippen LogP contribution >= 0.6 is 0 Å². The second-order valence-corrected chi connectivity index (χ2v) is 4.95. The molecule has 2 unspecified atom stereocenters. The van der Waals surface area contributed by atoms with Gasteiger partial charge in [-0.25, -0.2) is 13.2 Å². The molecule has 2 atom stereocenters. The van der Waals surface area contributed by atoms with Gasteiger partial charge in [-0.15, -0.1) is 0 Å². The zero-order chi connectivity index (χ0) is 15.6. The maximum Gasteiger partial charge on any atom is 0.130 e. The van der Waals surface area contributed by atoms with E-state index in [0.717, 1.165) is 6.07 Å². The molecule has 0 aliphatic heterocycles. The number of phenols is 1. The highest BCUT2D eigenvalue weighted by Crippen LogP contribution is 2.28. The first-order valence-electron chi connectivity index (χ1n) is 6.58. The van der Waals surface area contributed by atoms with Crippen molar-refractivity contribution in [3.8, 4) is 5.75 Å². The lowest BCUT2D eigenvalue weighted by atomic mass is 10.0. The van der Waals surface area contributed by atoms with Gasteiger partial charge in [0, 0.05) is 29.3 Å². The van der Waals surface area contributed by atoms with Crippen LogP contribution in [0.15, 0.2) is 36.4 Å². The standard InChI is InChI=1S/C16H16F3NO/c1-9(12-7-6-11(17)8-15(12)21)20-10(2)16-13(18)4-3-5-14(16)19/h3-10,20-21H,1-2H3. The van der Waals surface area contributed by atoms with E-state index in [1.54, 1.807) is 13.8 Å². The van der Waals surface area contributed by atoms with Gasteiger partial charge in [0.15, 0.2) is 0 Å². The number of nitrogens with one attached hydrogen (secondary N) is 1. The molecule has 0 saturated heterocycles. The molecule has 2 aromatic carbocycles. The Bertz CT molecular complexity index is 625. The summed E-state index contributed by atoms with van der Waals surface area (Å²) < 4.78 is 40.4. The first-order chi connectivity index (χ1) is 9.90. The normalized spacial score (nSPS) is 14.0. The second kappa shape index (κ2) is 6.18. The van der Waals surface area contributed by atoms with E-state index in [4.69, 9.17) is 0 Å². The Morgan fingerprint density at radius 1 is 0.952 bits per heavy atom. The zero-order valence-corrected chi connectivity index (χ0v) is 11.7. The third-order valence-electron chi connectivity index (χ3n) is 3.39. The van der Waals surface area contributed by atoms with Gasteiger partial charge in [0.25, 0.3) is 0 Å². The molecular weight excluding hydrogens is 279 g/mol. The molecule has 2 aromatic rings. The lowest BCUT2D eigenvalue weighted by Crippen LogP contribution is -2.24. The second-order valence-electron chi connectivity index (χ2n) is 4.95. The van der Waals surface area contributed by atoms with Crippen molar-refractivity contribution in [3.05, 3.63) is 65.0 Å². The van der Waals surface area contributed by atoms with Gasteiger partial charge in [-0.3, -0.25) is 0 Å². The average molecular weight is 295 g/mol. The van der Waals surface area contributed by atoms with E-state index in [1.165, 1.54) is 30.3 Å². The van der Waals surface area contributed by atoms with Crippen molar-refractivity contribution in [1.29, 1.82) is 0 Å². The van der Waals surface area contributed by atoms with E-state index in [9.17, 15) is 18.3 Å². The fourth-order valence-electron chi connectivity index (χ4n) is 2.36. The van der Waals surface area contributed by atoms with E-state index in [-0.39, 0.29) is 11.3 Å². The molecule has 0 heterocycles. The molecule has 112 valence electrons. The molecule has 0 bridgehead atoms. The Morgan fingerprint density at radius 3 is 2.14 bits per heavy atom. The van der Waals surface area contributed by atoms with Gasteiger partial charge in [0.2, 0.25) is 0 Å². The molecule has 5 heteroatoms. The zero-order valence-electron chi connectivity index (χ0n) is 11.7. The van der Waals surface area contributed by atoms with E-state index in [2.05, 4.69) is 5.32 Å². The third kappa shape index (κ3) is 3.36. The van der Waals surface area contributed by atoms with E-state index in [1.807, 2.05) is 0 Å². The Hall–Kier alpha value is -2.01. The summed E-state index contributed by atoms with van der Waals surface area (Å²) in [7, 11) is 0. The Kier molecular flexibility index (Phi) is 4.53. The van der Waals surface area contributed by atoms with Crippen LogP contribution < -0.4 is 5.32 Å². The van der Waals surface area contributed by atoms with Crippen LogP contribution in [0.25, 0.3) is 0 Å². The predicted molar refractivity (Wildman–Crippen MR) is 74.4 cm³/mol. The number of phenolic OH excluding ortho intramolecular Hbond substituents is 1. The minimum Gasteiger partial charge on any atom is -0.508 e. The van der Waals surface area contributed by atoms with Crippen LogP contribution in [-0.4, -0.2) is 5.11 Å². The van der Waals surface area contributed by atoms with Crippen LogP contribution in [0, 0.1) is 17.5 Å². The van der Waals surface area contributed by atoms with Gasteiger partial charge in [-0.1, -0.05) is 12.1 Å². The summed E-state index contributed by atoms with van der Waals surface area (Å²) in [6.45, 7) is 3.35. The van der Waals surface area contributed by atoms with Crippen molar-refractivity contribution in [1.82, 2.24) is 5.32 Å². The smallest absolute Gasteiger partial charge is 0.130 e. The largest absolute Gasteiger partial charge is 0.508 e. The molecule has 0 fully saturated rings. The van der Waals surface area contributed by atoms with Gasteiger partial charge in [0.1, 0.15) is 23.2 Å². The molecule has 2 nitrogen and oxygen atoms in total. The summed E-state index contributed by atoms with van der Waals surface area (Å²) in [6.07, 6.45) is 0. The van der Waals surface area contributed by atoms with E-state index >= 15 is 0 Å². The maximum atomic E-state index is 13.7. The van der Waals surface area contributed by atoms with Crippen molar-refractivity contribution in [3.63, 3.8) is 0 Å². The highest BCUT2D eigenvalue weighted by atomic mass is 19.1. The fraction of sp³-hybridized carbons (Fsp3) is 0.250. The van der Waals surface area contributed by atoms with E-state index in [0.29, 0.717) is 5.56 Å². The molecule has 21 heavy (non-hydrogen) atoms. The highest BCUT2D eigenvalue weighted by molar-refractivity contribution is 5.35. The number of hydrogen-bond donors (Lipinski definition) is 2. The molecule has 0 saturated carbocycles. The lowest BCUT2D eigenvalue weighted by molar-refractivity contribution is 0.421. The van der Waals surface area contributed by atoms with Crippen LogP contribution in [0.1, 0.15) is 37.1 Å². The van der Waals surface area contributed by atoms with E-state index < -0.39 is 29.5 Å². The first kappa shape index (κ1) is 15.4. The SMILES string of the molecule is CC(NC(C)c1c(F)cccc1F)c1ccc(F)cc1O. The van der Waals surface area contributed by atoms with Crippen molar-refractivity contribution in [2.24, 2.45) is 0 Å². The maximum absolute atomic E-state index is 13.7. The molecular formula is C16H16F3NO. The Labute approximate surface area is 121 Å². The molecule has 0 aliphatic carbocycles. The van der Waals surface area contributed by atoms with Crippen LogP contribution in [0.2, 0.25) is 0 Å². The lowest BCUT2D eigenvalue weighted by Gasteiger charge is -2.22. The Balaban J connectivity index is 2.21. The monoisotopic (exact) mass is 295 g/mol. The van der Waals surface area contributed by atoms with Crippen LogP contribution in [0.4, 0.5) is 13.2 Å². The molecule has 0 spiro atoms. The van der Waals surface area contributed by atoms with Crippen molar-refractivity contribution < 1.29 is 18.3 Å². The summed E-state index contributed by atoms with van der Waals surface area (Å²) >= 11 is 0. The quantitative estimate of drug-likeness (QED) is 0.885. The van der Waals surface area contributed by atoms with Crippen LogP contribution in [0.5, 0.6) is 5.75 Å². The predicted octanol–water partition coefficient (Wildman–Crippen LogP) is 4.22. The minimum absolute atomic E-state index is 0.0639. The number of aromatic hydroxyl groups is 1. The third-order valence-corrected chi connectivity index (χ3v) is 3.39. The molecule has 2 rings (SSSR count).